The summed E-state index contributed by atoms with van der Waals surface area (Å²) in [7, 11) is 0. The van der Waals surface area contributed by atoms with Crippen molar-refractivity contribution in [1.82, 2.24) is 0 Å². The van der Waals surface area contributed by atoms with E-state index in [1.54, 1.807) is 6.92 Å². The van der Waals surface area contributed by atoms with E-state index in [9.17, 15) is 5.11 Å². The summed E-state index contributed by atoms with van der Waals surface area (Å²) in [5.41, 5.74) is 4.66. The zero-order valence-electron chi connectivity index (χ0n) is 9.05. The summed E-state index contributed by atoms with van der Waals surface area (Å²) < 4.78 is 5.48. The van der Waals surface area contributed by atoms with Gasteiger partial charge in [0, 0.05) is 13.2 Å². The molecular formula is C10H23NO2. The van der Waals surface area contributed by atoms with Crippen LogP contribution in [-0.2, 0) is 4.74 Å². The molecule has 0 bridgehead atoms. The van der Waals surface area contributed by atoms with Crippen molar-refractivity contribution in [3.05, 3.63) is 0 Å². The Morgan fingerprint density at radius 2 is 2.15 bits per heavy atom. The molecule has 0 aliphatic rings. The molecular weight excluding hydrogens is 166 g/mol. The second-order valence-electron chi connectivity index (χ2n) is 3.89. The SMILES string of the molecule is CCC(C)OCCCC(C)(O)CN. The molecule has 3 heteroatoms. The second-order valence-corrected chi connectivity index (χ2v) is 3.89. The zero-order chi connectivity index (χ0) is 10.3. The van der Waals surface area contributed by atoms with Crippen LogP contribution in [0.4, 0.5) is 0 Å². The van der Waals surface area contributed by atoms with Crippen LogP contribution in [0.3, 0.4) is 0 Å². The van der Waals surface area contributed by atoms with Crippen LogP contribution in [0.15, 0.2) is 0 Å². The summed E-state index contributed by atoms with van der Waals surface area (Å²) in [4.78, 5) is 0. The van der Waals surface area contributed by atoms with E-state index in [0.29, 0.717) is 25.7 Å². The van der Waals surface area contributed by atoms with Crippen LogP contribution < -0.4 is 5.73 Å². The molecule has 0 saturated carbocycles. The molecule has 3 N–H and O–H groups in total. The normalized spacial score (nSPS) is 18.2. The van der Waals surface area contributed by atoms with Gasteiger partial charge in [-0.1, -0.05) is 6.92 Å². The van der Waals surface area contributed by atoms with Crippen molar-refractivity contribution >= 4 is 0 Å². The van der Waals surface area contributed by atoms with Crippen molar-refractivity contribution in [1.29, 1.82) is 0 Å². The van der Waals surface area contributed by atoms with Gasteiger partial charge in [0.25, 0.3) is 0 Å². The van der Waals surface area contributed by atoms with Gasteiger partial charge in [0.1, 0.15) is 0 Å². The monoisotopic (exact) mass is 189 g/mol. The first-order valence-corrected chi connectivity index (χ1v) is 5.06. The molecule has 0 aromatic rings. The zero-order valence-corrected chi connectivity index (χ0v) is 9.05. The van der Waals surface area contributed by atoms with E-state index < -0.39 is 5.60 Å². The molecule has 0 amide bonds. The summed E-state index contributed by atoms with van der Waals surface area (Å²) in [5.74, 6) is 0. The lowest BCUT2D eigenvalue weighted by Crippen LogP contribution is -2.34. The first kappa shape index (κ1) is 12.9. The molecule has 0 fully saturated rings. The highest BCUT2D eigenvalue weighted by Crippen LogP contribution is 2.10. The number of ether oxygens (including phenoxy) is 1. The summed E-state index contributed by atoms with van der Waals surface area (Å²) in [6.07, 6.45) is 2.93. The van der Waals surface area contributed by atoms with E-state index in [1.165, 1.54) is 0 Å². The number of rotatable bonds is 7. The van der Waals surface area contributed by atoms with Gasteiger partial charge >= 0.3 is 0 Å². The Morgan fingerprint density at radius 3 is 2.62 bits per heavy atom. The minimum Gasteiger partial charge on any atom is -0.389 e. The molecule has 3 nitrogen and oxygen atoms in total. The second kappa shape index (κ2) is 6.35. The number of nitrogens with two attached hydrogens (primary N) is 1. The van der Waals surface area contributed by atoms with Gasteiger partial charge < -0.3 is 15.6 Å². The Hall–Kier alpha value is -0.120. The van der Waals surface area contributed by atoms with Crippen LogP contribution in [0.2, 0.25) is 0 Å². The average molecular weight is 189 g/mol. The summed E-state index contributed by atoms with van der Waals surface area (Å²) >= 11 is 0. The third kappa shape index (κ3) is 6.99. The predicted octanol–water partition coefficient (Wildman–Crippen LogP) is 1.29. The number of hydrogen-bond donors (Lipinski definition) is 2. The molecule has 0 heterocycles. The smallest absolute Gasteiger partial charge is 0.0742 e. The van der Waals surface area contributed by atoms with Crippen LogP contribution >= 0.6 is 0 Å². The van der Waals surface area contributed by atoms with Gasteiger partial charge in [0.15, 0.2) is 0 Å². The molecule has 0 aliphatic heterocycles. The van der Waals surface area contributed by atoms with Crippen molar-refractivity contribution in [2.75, 3.05) is 13.2 Å². The van der Waals surface area contributed by atoms with Crippen LogP contribution in [0.1, 0.15) is 40.0 Å². The maximum absolute atomic E-state index is 9.57. The van der Waals surface area contributed by atoms with Gasteiger partial charge in [-0.3, -0.25) is 0 Å². The number of aliphatic hydroxyl groups is 1. The predicted molar refractivity (Wildman–Crippen MR) is 54.6 cm³/mol. The minimum atomic E-state index is -0.723. The van der Waals surface area contributed by atoms with E-state index in [-0.39, 0.29) is 0 Å². The first-order valence-electron chi connectivity index (χ1n) is 5.06. The van der Waals surface area contributed by atoms with Crippen LogP contribution in [0.5, 0.6) is 0 Å². The third-order valence-electron chi connectivity index (χ3n) is 2.28. The Balaban J connectivity index is 3.35. The molecule has 0 rings (SSSR count). The van der Waals surface area contributed by atoms with Crippen molar-refractivity contribution < 1.29 is 9.84 Å². The molecule has 0 spiro atoms. The molecule has 0 saturated heterocycles. The number of hydrogen-bond acceptors (Lipinski definition) is 3. The molecule has 0 aromatic heterocycles. The molecule has 13 heavy (non-hydrogen) atoms. The van der Waals surface area contributed by atoms with E-state index in [4.69, 9.17) is 10.5 Å². The minimum absolute atomic E-state index is 0.316. The topological polar surface area (TPSA) is 55.5 Å². The molecule has 2 atom stereocenters. The maximum atomic E-state index is 9.57. The fourth-order valence-electron chi connectivity index (χ4n) is 0.957. The molecule has 80 valence electrons. The van der Waals surface area contributed by atoms with Gasteiger partial charge in [-0.2, -0.15) is 0 Å². The lowest BCUT2D eigenvalue weighted by Gasteiger charge is -2.21. The maximum Gasteiger partial charge on any atom is 0.0742 e. The Morgan fingerprint density at radius 1 is 1.54 bits per heavy atom. The molecule has 0 radical (unpaired) electrons. The summed E-state index contributed by atoms with van der Waals surface area (Å²) in [6, 6.07) is 0. The van der Waals surface area contributed by atoms with Crippen molar-refractivity contribution in [3.63, 3.8) is 0 Å². The molecule has 2 unspecified atom stereocenters. The highest BCUT2D eigenvalue weighted by atomic mass is 16.5. The van der Waals surface area contributed by atoms with E-state index in [2.05, 4.69) is 13.8 Å². The van der Waals surface area contributed by atoms with E-state index in [1.807, 2.05) is 0 Å². The van der Waals surface area contributed by atoms with Crippen LogP contribution in [0, 0.1) is 0 Å². The van der Waals surface area contributed by atoms with Crippen molar-refractivity contribution in [2.45, 2.75) is 51.7 Å². The van der Waals surface area contributed by atoms with E-state index >= 15 is 0 Å². The fraction of sp³-hybridized carbons (Fsp3) is 1.00. The lowest BCUT2D eigenvalue weighted by atomic mass is 10.0. The summed E-state index contributed by atoms with van der Waals surface area (Å²) in [5, 5.41) is 9.57. The first-order chi connectivity index (χ1) is 6.02. The van der Waals surface area contributed by atoms with Gasteiger partial charge in [0.2, 0.25) is 0 Å². The third-order valence-corrected chi connectivity index (χ3v) is 2.28. The molecule has 0 aromatic carbocycles. The fourth-order valence-corrected chi connectivity index (χ4v) is 0.957. The standard InChI is InChI=1S/C10H23NO2/c1-4-9(2)13-7-5-6-10(3,12)8-11/h9,12H,4-8,11H2,1-3H3. The largest absolute Gasteiger partial charge is 0.389 e. The lowest BCUT2D eigenvalue weighted by molar-refractivity contribution is 0.0256. The van der Waals surface area contributed by atoms with Crippen molar-refractivity contribution in [3.8, 4) is 0 Å². The van der Waals surface area contributed by atoms with Crippen LogP contribution in [-0.4, -0.2) is 30.0 Å². The van der Waals surface area contributed by atoms with Gasteiger partial charge in [-0.25, -0.2) is 0 Å². The molecule has 0 aliphatic carbocycles. The average Bonchev–Trinajstić information content (AvgIpc) is 2.12. The van der Waals surface area contributed by atoms with Gasteiger partial charge in [0.05, 0.1) is 11.7 Å². The van der Waals surface area contributed by atoms with Gasteiger partial charge in [-0.15, -0.1) is 0 Å². The Labute approximate surface area is 81.3 Å². The quantitative estimate of drug-likeness (QED) is 0.593. The van der Waals surface area contributed by atoms with E-state index in [0.717, 1.165) is 12.8 Å². The van der Waals surface area contributed by atoms with Gasteiger partial charge in [-0.05, 0) is 33.1 Å². The summed E-state index contributed by atoms with van der Waals surface area (Å²) in [6.45, 7) is 6.94. The Kier molecular flexibility index (Phi) is 6.29. The highest BCUT2D eigenvalue weighted by molar-refractivity contribution is 4.72. The Bertz CT molecular complexity index is 126. The van der Waals surface area contributed by atoms with Crippen molar-refractivity contribution in [2.24, 2.45) is 5.73 Å². The highest BCUT2D eigenvalue weighted by Gasteiger charge is 2.16. The van der Waals surface area contributed by atoms with Crippen LogP contribution in [0.25, 0.3) is 0 Å².